The summed E-state index contributed by atoms with van der Waals surface area (Å²) in [5.74, 6) is -0.620. The number of carbonyl (C=O) groups is 1. The highest BCUT2D eigenvalue weighted by Crippen LogP contribution is 2.26. The molecule has 0 spiro atoms. The van der Waals surface area contributed by atoms with Crippen molar-refractivity contribution >= 4 is 23.3 Å². The number of hydrogen-bond acceptors (Lipinski definition) is 4. The SMILES string of the molecule is O=C(Nc1nn(Cc2ccccc2)cc1Cl)c1ccc(Cn2nc(C(F)F)cc2C(F)F)o1. The first-order chi connectivity index (χ1) is 15.8. The number of halogens is 5. The number of alkyl halides is 4. The number of benzene rings is 1. The Morgan fingerprint density at radius 3 is 2.48 bits per heavy atom. The van der Waals surface area contributed by atoms with Crippen LogP contribution in [-0.2, 0) is 13.1 Å². The van der Waals surface area contributed by atoms with Crippen molar-refractivity contribution in [3.05, 3.63) is 88.2 Å². The maximum absolute atomic E-state index is 13.1. The van der Waals surface area contributed by atoms with Gasteiger partial charge >= 0.3 is 0 Å². The molecule has 0 saturated carbocycles. The summed E-state index contributed by atoms with van der Waals surface area (Å²) in [5.41, 5.74) is -0.457. The van der Waals surface area contributed by atoms with E-state index in [4.69, 9.17) is 16.0 Å². The van der Waals surface area contributed by atoms with Crippen molar-refractivity contribution in [3.8, 4) is 0 Å². The predicted octanol–water partition coefficient (Wildman–Crippen LogP) is 5.55. The summed E-state index contributed by atoms with van der Waals surface area (Å²) in [7, 11) is 0. The molecule has 3 aromatic heterocycles. The minimum Gasteiger partial charge on any atom is -0.454 e. The summed E-state index contributed by atoms with van der Waals surface area (Å²) in [6, 6.07) is 12.8. The van der Waals surface area contributed by atoms with E-state index in [0.29, 0.717) is 12.6 Å². The first kappa shape index (κ1) is 22.6. The molecule has 1 aromatic carbocycles. The fourth-order valence-electron chi connectivity index (χ4n) is 3.10. The van der Waals surface area contributed by atoms with E-state index in [1.54, 1.807) is 10.9 Å². The maximum Gasteiger partial charge on any atom is 0.292 e. The lowest BCUT2D eigenvalue weighted by atomic mass is 10.2. The lowest BCUT2D eigenvalue weighted by molar-refractivity contribution is 0.0993. The highest BCUT2D eigenvalue weighted by atomic mass is 35.5. The van der Waals surface area contributed by atoms with Crippen LogP contribution in [0.5, 0.6) is 0 Å². The van der Waals surface area contributed by atoms with Gasteiger partial charge in [0.1, 0.15) is 22.2 Å². The number of rotatable bonds is 8. The van der Waals surface area contributed by atoms with Crippen molar-refractivity contribution in [2.75, 3.05) is 5.32 Å². The Labute approximate surface area is 189 Å². The molecule has 0 aliphatic heterocycles. The van der Waals surface area contributed by atoms with Crippen LogP contribution in [0.2, 0.25) is 5.02 Å². The van der Waals surface area contributed by atoms with Gasteiger partial charge in [0.15, 0.2) is 11.6 Å². The van der Waals surface area contributed by atoms with Gasteiger partial charge in [-0.25, -0.2) is 17.6 Å². The van der Waals surface area contributed by atoms with Crippen LogP contribution in [0.3, 0.4) is 0 Å². The van der Waals surface area contributed by atoms with E-state index < -0.39 is 30.1 Å². The molecule has 1 amide bonds. The van der Waals surface area contributed by atoms with Gasteiger partial charge in [0.25, 0.3) is 18.8 Å². The fourth-order valence-corrected chi connectivity index (χ4v) is 3.29. The third kappa shape index (κ3) is 5.25. The number of hydrogen-bond donors (Lipinski definition) is 1. The Kier molecular flexibility index (Phi) is 6.50. The van der Waals surface area contributed by atoms with Gasteiger partial charge in [-0.05, 0) is 23.8 Å². The molecular weight excluding hydrogens is 466 g/mol. The number of anilines is 1. The zero-order valence-electron chi connectivity index (χ0n) is 16.8. The molecular formula is C21H16ClF4N5O2. The normalized spacial score (nSPS) is 11.5. The second kappa shape index (κ2) is 9.49. The summed E-state index contributed by atoms with van der Waals surface area (Å²) in [6.07, 6.45) is -4.44. The third-order valence-electron chi connectivity index (χ3n) is 4.60. The summed E-state index contributed by atoms with van der Waals surface area (Å²) in [4.78, 5) is 12.5. The smallest absolute Gasteiger partial charge is 0.292 e. The van der Waals surface area contributed by atoms with E-state index in [9.17, 15) is 22.4 Å². The van der Waals surface area contributed by atoms with Crippen LogP contribution in [0.1, 0.15) is 46.1 Å². The number of furan rings is 1. The number of nitrogens with one attached hydrogen (secondary N) is 1. The van der Waals surface area contributed by atoms with Gasteiger partial charge in [-0.1, -0.05) is 41.9 Å². The fraction of sp³-hybridized carbons (Fsp3) is 0.190. The van der Waals surface area contributed by atoms with Crippen molar-refractivity contribution in [1.82, 2.24) is 19.6 Å². The van der Waals surface area contributed by atoms with Gasteiger partial charge in [-0.15, -0.1) is 0 Å². The van der Waals surface area contributed by atoms with Crippen LogP contribution in [-0.4, -0.2) is 25.5 Å². The highest BCUT2D eigenvalue weighted by Gasteiger charge is 2.22. The zero-order valence-corrected chi connectivity index (χ0v) is 17.5. The quantitative estimate of drug-likeness (QED) is 0.335. The summed E-state index contributed by atoms with van der Waals surface area (Å²) >= 11 is 6.16. The molecule has 172 valence electrons. The lowest BCUT2D eigenvalue weighted by Gasteiger charge is -2.04. The first-order valence-electron chi connectivity index (χ1n) is 9.61. The molecule has 4 rings (SSSR count). The third-order valence-corrected chi connectivity index (χ3v) is 4.88. The second-order valence-corrected chi connectivity index (χ2v) is 7.39. The van der Waals surface area contributed by atoms with Gasteiger partial charge in [0.2, 0.25) is 0 Å². The van der Waals surface area contributed by atoms with E-state index in [1.165, 1.54) is 12.1 Å². The van der Waals surface area contributed by atoms with E-state index >= 15 is 0 Å². The van der Waals surface area contributed by atoms with Crippen LogP contribution in [0, 0.1) is 0 Å². The van der Waals surface area contributed by atoms with E-state index in [1.807, 2.05) is 30.3 Å². The van der Waals surface area contributed by atoms with Gasteiger partial charge < -0.3 is 9.73 Å². The minimum atomic E-state index is -3.00. The van der Waals surface area contributed by atoms with Crippen LogP contribution >= 0.6 is 11.6 Å². The Balaban J connectivity index is 1.45. The molecule has 0 bridgehead atoms. The largest absolute Gasteiger partial charge is 0.454 e. The Bertz CT molecular complexity index is 1250. The molecule has 0 saturated heterocycles. The molecule has 1 N–H and O–H groups in total. The molecule has 3 heterocycles. The number of aromatic nitrogens is 4. The van der Waals surface area contributed by atoms with Crippen molar-refractivity contribution in [2.45, 2.75) is 25.9 Å². The van der Waals surface area contributed by atoms with Crippen molar-refractivity contribution < 1.29 is 26.8 Å². The number of carbonyl (C=O) groups excluding carboxylic acids is 1. The molecule has 0 radical (unpaired) electrons. The molecule has 0 atom stereocenters. The zero-order chi connectivity index (χ0) is 23.5. The van der Waals surface area contributed by atoms with E-state index in [-0.39, 0.29) is 28.9 Å². The van der Waals surface area contributed by atoms with Crippen LogP contribution in [0.25, 0.3) is 0 Å². The van der Waals surface area contributed by atoms with E-state index in [2.05, 4.69) is 15.5 Å². The lowest BCUT2D eigenvalue weighted by Crippen LogP contribution is -2.12. The highest BCUT2D eigenvalue weighted by molar-refractivity contribution is 6.33. The standard InChI is InChI=1S/C21H16ClF4N5O2/c22-14-11-30(9-12-4-2-1-3-5-12)29-20(14)27-21(32)17-7-6-13(33-17)10-31-16(19(25)26)8-15(28-31)18(23)24/h1-8,11,18-19H,9-10H2,(H,27,29,32). The predicted molar refractivity (Wildman–Crippen MR) is 111 cm³/mol. The summed E-state index contributed by atoms with van der Waals surface area (Å²) in [6.45, 7) is 0.0877. The monoisotopic (exact) mass is 481 g/mol. The molecule has 0 aliphatic rings. The number of amides is 1. The van der Waals surface area contributed by atoms with Crippen LogP contribution < -0.4 is 5.32 Å². The molecule has 7 nitrogen and oxygen atoms in total. The average molecular weight is 482 g/mol. The molecule has 0 aliphatic carbocycles. The Morgan fingerprint density at radius 1 is 1.03 bits per heavy atom. The molecule has 4 aromatic rings. The van der Waals surface area contributed by atoms with Crippen LogP contribution in [0.4, 0.5) is 23.4 Å². The van der Waals surface area contributed by atoms with Gasteiger partial charge in [-0.3, -0.25) is 14.2 Å². The second-order valence-electron chi connectivity index (χ2n) is 6.98. The first-order valence-corrected chi connectivity index (χ1v) is 9.99. The van der Waals surface area contributed by atoms with Crippen LogP contribution in [0.15, 0.2) is 59.1 Å². The van der Waals surface area contributed by atoms with Crippen molar-refractivity contribution in [1.29, 1.82) is 0 Å². The van der Waals surface area contributed by atoms with Crippen molar-refractivity contribution in [3.63, 3.8) is 0 Å². The molecule has 0 fully saturated rings. The Morgan fingerprint density at radius 2 is 1.79 bits per heavy atom. The average Bonchev–Trinajstić information content (AvgIpc) is 3.49. The summed E-state index contributed by atoms with van der Waals surface area (Å²) in [5, 5.41) is 10.5. The van der Waals surface area contributed by atoms with Gasteiger partial charge in [0, 0.05) is 6.20 Å². The maximum atomic E-state index is 13.1. The molecule has 33 heavy (non-hydrogen) atoms. The van der Waals surface area contributed by atoms with Gasteiger partial charge in [0.05, 0.1) is 13.1 Å². The van der Waals surface area contributed by atoms with E-state index in [0.717, 1.165) is 10.2 Å². The number of nitrogens with zero attached hydrogens (tertiary/aromatic N) is 4. The molecule has 12 heteroatoms. The topological polar surface area (TPSA) is 77.9 Å². The van der Waals surface area contributed by atoms with Gasteiger partial charge in [-0.2, -0.15) is 10.2 Å². The van der Waals surface area contributed by atoms with Crippen molar-refractivity contribution in [2.24, 2.45) is 0 Å². The Hall–Kier alpha value is -3.60. The summed E-state index contributed by atoms with van der Waals surface area (Å²) < 4.78 is 59.6. The minimum absolute atomic E-state index is 0.0756. The molecule has 0 unspecified atom stereocenters.